The lowest BCUT2D eigenvalue weighted by molar-refractivity contribution is 0.0748. The third-order valence-corrected chi connectivity index (χ3v) is 4.00. The molecule has 1 aliphatic rings. The average molecular weight is 268 g/mol. The van der Waals surface area contributed by atoms with Crippen LogP contribution in [0.4, 0.5) is 0 Å². The first kappa shape index (κ1) is 12.5. The number of carbonyl (C=O) groups excluding carboxylic acids is 1. The molecule has 92 valence electrons. The summed E-state index contributed by atoms with van der Waals surface area (Å²) in [7, 11) is 0. The lowest BCUT2D eigenvalue weighted by atomic mass is 10.2. The Hall–Kier alpha value is -0.940. The molecule has 1 heterocycles. The van der Waals surface area contributed by atoms with Crippen molar-refractivity contribution in [1.82, 2.24) is 4.90 Å². The van der Waals surface area contributed by atoms with Crippen molar-refractivity contribution in [2.75, 3.05) is 6.54 Å². The molecule has 17 heavy (non-hydrogen) atoms. The van der Waals surface area contributed by atoms with E-state index >= 15 is 0 Å². The highest BCUT2D eigenvalue weighted by molar-refractivity contribution is 7.80. The Bertz CT molecular complexity index is 437. The molecule has 1 aliphatic carbocycles. The molecule has 0 spiro atoms. The van der Waals surface area contributed by atoms with Crippen molar-refractivity contribution in [3.05, 3.63) is 21.9 Å². The number of rotatable bonds is 5. The first-order valence-electron chi connectivity index (χ1n) is 5.71. The zero-order valence-corrected chi connectivity index (χ0v) is 11.4. The van der Waals surface area contributed by atoms with Gasteiger partial charge in [-0.25, -0.2) is 0 Å². The van der Waals surface area contributed by atoms with Gasteiger partial charge in [0.2, 0.25) is 0 Å². The molecule has 1 saturated carbocycles. The first-order valence-corrected chi connectivity index (χ1v) is 7.06. The van der Waals surface area contributed by atoms with E-state index in [0.29, 0.717) is 24.0 Å². The molecule has 0 atom stereocenters. The van der Waals surface area contributed by atoms with Crippen LogP contribution in [0.5, 0.6) is 0 Å². The maximum atomic E-state index is 12.4. The van der Waals surface area contributed by atoms with Gasteiger partial charge in [-0.05, 0) is 30.7 Å². The van der Waals surface area contributed by atoms with Crippen molar-refractivity contribution < 1.29 is 4.79 Å². The molecule has 0 aromatic carbocycles. The van der Waals surface area contributed by atoms with E-state index in [2.05, 4.69) is 0 Å². The van der Waals surface area contributed by atoms with E-state index in [1.54, 1.807) is 11.3 Å². The molecule has 0 bridgehead atoms. The highest BCUT2D eigenvalue weighted by Gasteiger charge is 2.33. The minimum Gasteiger partial charge on any atom is -0.393 e. The Morgan fingerprint density at radius 3 is 2.76 bits per heavy atom. The molecule has 1 fully saturated rings. The van der Waals surface area contributed by atoms with Gasteiger partial charge in [-0.3, -0.25) is 4.79 Å². The van der Waals surface area contributed by atoms with Crippen LogP contribution in [0.15, 0.2) is 10.8 Å². The van der Waals surface area contributed by atoms with Crippen LogP contribution in [0.2, 0.25) is 0 Å². The zero-order valence-electron chi connectivity index (χ0n) is 9.81. The Balaban J connectivity index is 2.08. The average Bonchev–Trinajstić information content (AvgIpc) is 3.00. The SMILES string of the molecule is Cc1cscc1C(=O)N(CCC(N)=S)C1CC1. The van der Waals surface area contributed by atoms with Gasteiger partial charge >= 0.3 is 0 Å². The number of nitrogens with zero attached hydrogens (tertiary/aromatic N) is 1. The third kappa shape index (κ3) is 3.04. The van der Waals surface area contributed by atoms with Gasteiger partial charge in [0.25, 0.3) is 5.91 Å². The molecule has 1 aromatic rings. The minimum absolute atomic E-state index is 0.127. The van der Waals surface area contributed by atoms with E-state index in [-0.39, 0.29) is 5.91 Å². The summed E-state index contributed by atoms with van der Waals surface area (Å²) in [5.41, 5.74) is 7.39. The molecule has 2 rings (SSSR count). The van der Waals surface area contributed by atoms with Crippen molar-refractivity contribution in [2.45, 2.75) is 32.2 Å². The van der Waals surface area contributed by atoms with E-state index in [1.807, 2.05) is 22.6 Å². The second-order valence-corrected chi connectivity index (χ2v) is 5.68. The number of thiophene rings is 1. The van der Waals surface area contributed by atoms with E-state index in [0.717, 1.165) is 24.0 Å². The predicted octanol–water partition coefficient (Wildman–Crippen LogP) is 2.34. The summed E-state index contributed by atoms with van der Waals surface area (Å²) < 4.78 is 0. The van der Waals surface area contributed by atoms with Gasteiger partial charge in [-0.2, -0.15) is 11.3 Å². The predicted molar refractivity (Wildman–Crippen MR) is 74.5 cm³/mol. The van der Waals surface area contributed by atoms with Crippen molar-refractivity contribution in [3.8, 4) is 0 Å². The summed E-state index contributed by atoms with van der Waals surface area (Å²) >= 11 is 6.45. The summed E-state index contributed by atoms with van der Waals surface area (Å²) in [6, 6.07) is 0.399. The fourth-order valence-corrected chi connectivity index (χ4v) is 2.71. The topological polar surface area (TPSA) is 46.3 Å². The summed E-state index contributed by atoms with van der Waals surface area (Å²) in [5.74, 6) is 0.127. The van der Waals surface area contributed by atoms with Gasteiger partial charge in [0.05, 0.1) is 10.6 Å². The molecule has 0 saturated heterocycles. The second-order valence-electron chi connectivity index (χ2n) is 4.41. The number of aryl methyl sites for hydroxylation is 1. The monoisotopic (exact) mass is 268 g/mol. The molecule has 0 radical (unpaired) electrons. The standard InChI is InChI=1S/C12H16N2OS2/c1-8-6-17-7-10(8)12(15)14(9-2-3-9)5-4-11(13)16/h6-7,9H,2-5H2,1H3,(H2,13,16). The van der Waals surface area contributed by atoms with Crippen LogP contribution < -0.4 is 5.73 Å². The number of thiocarbonyl (C=S) groups is 1. The van der Waals surface area contributed by atoms with Gasteiger partial charge in [-0.15, -0.1) is 0 Å². The Morgan fingerprint density at radius 1 is 1.59 bits per heavy atom. The minimum atomic E-state index is 0.127. The van der Waals surface area contributed by atoms with Gasteiger partial charge in [-0.1, -0.05) is 12.2 Å². The Morgan fingerprint density at radius 2 is 2.29 bits per heavy atom. The van der Waals surface area contributed by atoms with Gasteiger partial charge < -0.3 is 10.6 Å². The van der Waals surface area contributed by atoms with Crippen molar-refractivity contribution in [2.24, 2.45) is 5.73 Å². The molecule has 0 aliphatic heterocycles. The van der Waals surface area contributed by atoms with Gasteiger partial charge in [0.1, 0.15) is 0 Å². The molecule has 3 nitrogen and oxygen atoms in total. The zero-order chi connectivity index (χ0) is 12.4. The fourth-order valence-electron chi connectivity index (χ4n) is 1.80. The highest BCUT2D eigenvalue weighted by Crippen LogP contribution is 2.29. The molecule has 2 N–H and O–H groups in total. The van der Waals surface area contributed by atoms with E-state index in [9.17, 15) is 4.79 Å². The fraction of sp³-hybridized carbons (Fsp3) is 0.500. The van der Waals surface area contributed by atoms with Gasteiger partial charge in [0, 0.05) is 24.4 Å². The van der Waals surface area contributed by atoms with E-state index < -0.39 is 0 Å². The van der Waals surface area contributed by atoms with Crippen LogP contribution in [0, 0.1) is 6.92 Å². The van der Waals surface area contributed by atoms with Crippen molar-refractivity contribution >= 4 is 34.5 Å². The Labute approximate surface area is 111 Å². The maximum Gasteiger partial charge on any atom is 0.255 e. The van der Waals surface area contributed by atoms with Crippen LogP contribution in [0.1, 0.15) is 35.2 Å². The Kier molecular flexibility index (Phi) is 3.79. The van der Waals surface area contributed by atoms with Crippen LogP contribution in [-0.2, 0) is 0 Å². The number of carbonyl (C=O) groups is 1. The van der Waals surface area contributed by atoms with Crippen LogP contribution in [0.25, 0.3) is 0 Å². The molecule has 1 aromatic heterocycles. The molecule has 1 amide bonds. The summed E-state index contributed by atoms with van der Waals surface area (Å²) in [5, 5.41) is 3.93. The molecule has 5 heteroatoms. The number of amides is 1. The van der Waals surface area contributed by atoms with E-state index in [4.69, 9.17) is 18.0 Å². The number of hydrogen-bond donors (Lipinski definition) is 1. The molecular formula is C12H16N2OS2. The highest BCUT2D eigenvalue weighted by atomic mass is 32.1. The third-order valence-electron chi connectivity index (χ3n) is 2.93. The summed E-state index contributed by atoms with van der Waals surface area (Å²) in [6.07, 6.45) is 2.82. The first-order chi connectivity index (χ1) is 8.09. The lowest BCUT2D eigenvalue weighted by Gasteiger charge is -2.22. The summed E-state index contributed by atoms with van der Waals surface area (Å²) in [6.45, 7) is 2.62. The smallest absolute Gasteiger partial charge is 0.255 e. The number of nitrogens with two attached hydrogens (primary N) is 1. The van der Waals surface area contributed by atoms with Crippen molar-refractivity contribution in [1.29, 1.82) is 0 Å². The maximum absolute atomic E-state index is 12.4. The number of hydrogen-bond acceptors (Lipinski definition) is 3. The van der Waals surface area contributed by atoms with Crippen LogP contribution >= 0.6 is 23.6 Å². The lowest BCUT2D eigenvalue weighted by Crippen LogP contribution is -2.35. The molecular weight excluding hydrogens is 252 g/mol. The quantitative estimate of drug-likeness (QED) is 0.834. The van der Waals surface area contributed by atoms with Gasteiger partial charge in [0.15, 0.2) is 0 Å². The van der Waals surface area contributed by atoms with Crippen LogP contribution in [-0.4, -0.2) is 28.4 Å². The van der Waals surface area contributed by atoms with Crippen LogP contribution in [0.3, 0.4) is 0 Å². The molecule has 0 unspecified atom stereocenters. The van der Waals surface area contributed by atoms with E-state index in [1.165, 1.54) is 0 Å². The normalized spacial score (nSPS) is 14.6. The largest absolute Gasteiger partial charge is 0.393 e. The van der Waals surface area contributed by atoms with Crippen molar-refractivity contribution in [3.63, 3.8) is 0 Å². The summed E-state index contributed by atoms with van der Waals surface area (Å²) in [4.78, 5) is 14.8. The second kappa shape index (κ2) is 5.14.